The van der Waals surface area contributed by atoms with Crippen molar-refractivity contribution in [2.24, 2.45) is 4.99 Å². The Kier molecular flexibility index (Phi) is 36.0. The lowest BCUT2D eigenvalue weighted by molar-refractivity contribution is -0.507. The van der Waals surface area contributed by atoms with Crippen LogP contribution in [0, 0.1) is 47.0 Å². The van der Waals surface area contributed by atoms with Gasteiger partial charge < -0.3 is 35.7 Å². The van der Waals surface area contributed by atoms with Crippen LogP contribution in [0.15, 0.2) is 231 Å². The fraction of sp³-hybridized carbons (Fsp3) is 0.157. The number of benzene rings is 7. The van der Waals surface area contributed by atoms with Gasteiger partial charge in [0.05, 0.1) is 30.8 Å². The van der Waals surface area contributed by atoms with Crippen molar-refractivity contribution in [3.05, 3.63) is 282 Å². The first-order valence-electron chi connectivity index (χ1n) is 27.7. The second kappa shape index (κ2) is 43.6. The highest BCUT2D eigenvalue weighted by atomic mass is 32.4. The average Bonchev–Trinajstić information content (AvgIpc) is 4.50. The second-order valence-electron chi connectivity index (χ2n) is 18.8. The minimum Gasteiger partial charge on any atom is -0.384 e. The summed E-state index contributed by atoms with van der Waals surface area (Å²) in [6.45, 7) is 29.3. The second-order valence-corrected chi connectivity index (χ2v) is 18.8. The number of quaternary nitrogens is 1. The van der Waals surface area contributed by atoms with Crippen molar-refractivity contribution in [3.8, 4) is 0 Å². The van der Waals surface area contributed by atoms with Crippen LogP contribution in [-0.4, -0.2) is 76.4 Å². The molecular formula is C70H85N12PS2+2. The van der Waals surface area contributed by atoms with Crippen LogP contribution in [0.1, 0.15) is 62.8 Å². The third-order valence-electron chi connectivity index (χ3n) is 12.4. The van der Waals surface area contributed by atoms with E-state index in [0.717, 1.165) is 47.0 Å². The van der Waals surface area contributed by atoms with E-state index in [4.69, 9.17) is 20.0 Å². The van der Waals surface area contributed by atoms with Crippen molar-refractivity contribution >= 4 is 105 Å². The number of aryl methyl sites for hydroxylation is 6. The number of rotatable bonds is 4. The number of aromatic amines is 3. The molecule has 0 spiro atoms. The van der Waals surface area contributed by atoms with E-state index >= 15 is 0 Å². The Bertz CT molecular complexity index is 3340. The zero-order valence-electron chi connectivity index (χ0n) is 51.2. The van der Waals surface area contributed by atoms with E-state index in [1.54, 1.807) is 25.0 Å². The zero-order valence-corrected chi connectivity index (χ0v) is 52.9. The molecule has 440 valence electrons. The molecule has 6 heterocycles. The quantitative estimate of drug-likeness (QED) is 0.0380. The first-order valence-corrected chi connectivity index (χ1v) is 28.9. The van der Waals surface area contributed by atoms with Crippen molar-refractivity contribution < 1.29 is 19.9 Å². The lowest BCUT2D eigenvalue weighted by Gasteiger charge is -1.97. The van der Waals surface area contributed by atoms with Gasteiger partial charge in [-0.25, -0.2) is 15.3 Å². The summed E-state index contributed by atoms with van der Waals surface area (Å²) in [5, 5.41) is 13.5. The lowest BCUT2D eigenvalue weighted by Crippen LogP contribution is -2.75. The molecule has 7 aromatic carbocycles. The van der Waals surface area contributed by atoms with Crippen molar-refractivity contribution in [3.63, 3.8) is 0 Å². The van der Waals surface area contributed by atoms with E-state index in [9.17, 15) is 0 Å². The number of nitrogens with two attached hydrogens (primary N) is 1. The van der Waals surface area contributed by atoms with Crippen molar-refractivity contribution in [2.75, 3.05) is 18.9 Å². The van der Waals surface area contributed by atoms with Gasteiger partial charge in [0.15, 0.2) is 6.20 Å². The summed E-state index contributed by atoms with van der Waals surface area (Å²) in [5.74, 6) is 0. The number of aliphatic imine (C=N–C) groups is 1. The van der Waals surface area contributed by atoms with Gasteiger partial charge in [0.2, 0.25) is 5.70 Å². The molecule has 0 fully saturated rings. The number of H-pyrrole nitrogens is 3. The average molecular weight is 1190 g/mol. The Hall–Kier alpha value is -9.04. The molecule has 0 saturated heterocycles. The van der Waals surface area contributed by atoms with Gasteiger partial charge in [0, 0.05) is 86.9 Å². The Balaban J connectivity index is 0.000000325. The summed E-state index contributed by atoms with van der Waals surface area (Å²) in [6, 6.07) is 58.8. The van der Waals surface area contributed by atoms with E-state index in [2.05, 4.69) is 170 Å². The lowest BCUT2D eigenvalue weighted by atomic mass is 10.1. The van der Waals surface area contributed by atoms with E-state index in [-0.39, 0.29) is 0 Å². The fourth-order valence-electron chi connectivity index (χ4n) is 7.53. The highest BCUT2D eigenvalue weighted by Gasteiger charge is 2.09. The number of aromatic nitrogens is 5. The van der Waals surface area contributed by atoms with Crippen LogP contribution in [0.5, 0.6) is 0 Å². The molecular weight excluding hydrogens is 1100 g/mol. The molecule has 0 saturated carbocycles. The van der Waals surface area contributed by atoms with Gasteiger partial charge in [-0.1, -0.05) is 207 Å². The smallest absolute Gasteiger partial charge is 0.333 e. The van der Waals surface area contributed by atoms with Crippen molar-refractivity contribution in [1.82, 2.24) is 24.9 Å². The molecule has 0 radical (unpaired) electrons. The first kappa shape index (κ1) is 70.2. The number of hydrogen-bond acceptors (Lipinski definition) is 6. The van der Waals surface area contributed by atoms with Gasteiger partial charge in [0.1, 0.15) is 7.05 Å². The molecule has 3 aliphatic rings. The summed E-state index contributed by atoms with van der Waals surface area (Å²) >= 11 is 6.67. The molecule has 0 atom stereocenters. The summed E-state index contributed by atoms with van der Waals surface area (Å²) < 4.78 is 7.53. The molecule has 10 aromatic rings. The van der Waals surface area contributed by atoms with Crippen LogP contribution in [0.25, 0.3) is 17.0 Å². The fourth-order valence-corrected chi connectivity index (χ4v) is 7.53. The van der Waals surface area contributed by atoms with Gasteiger partial charge in [-0.3, -0.25) is 4.99 Å². The van der Waals surface area contributed by atoms with Crippen LogP contribution < -0.4 is 20.6 Å². The van der Waals surface area contributed by atoms with Gasteiger partial charge in [-0.05, 0) is 99.6 Å². The van der Waals surface area contributed by atoms with E-state index in [1.165, 1.54) is 73.9 Å². The van der Waals surface area contributed by atoms with Crippen LogP contribution in [0.4, 0.5) is 22.7 Å². The maximum absolute atomic E-state index is 6.92. The van der Waals surface area contributed by atoms with Crippen LogP contribution in [-0.2, 0) is 24.6 Å². The monoisotopic (exact) mass is 1190 g/mol. The number of hydrogen-bond donors (Lipinski definition) is 8. The zero-order chi connectivity index (χ0) is 63.2. The number of anilines is 1. The molecule has 3 aliphatic heterocycles. The topological polar surface area (TPSA) is 169 Å². The normalized spacial score (nSPS) is 10.9. The van der Waals surface area contributed by atoms with Crippen LogP contribution >= 0.6 is 21.4 Å². The summed E-state index contributed by atoms with van der Waals surface area (Å²) in [7, 11) is 4.59. The van der Waals surface area contributed by atoms with Gasteiger partial charge >= 0.3 is 6.34 Å². The number of para-hydroxylation sites is 5. The molecule has 15 heteroatoms. The predicted molar refractivity (Wildman–Crippen MR) is 372 cm³/mol. The van der Waals surface area contributed by atoms with Crippen molar-refractivity contribution in [1.29, 1.82) is 6.53 Å². The molecule has 13 rings (SSSR count). The predicted octanol–water partition coefficient (Wildman–Crippen LogP) is 12.2. The van der Waals surface area contributed by atoms with Gasteiger partial charge in [-0.2, -0.15) is 18.0 Å². The largest absolute Gasteiger partial charge is 0.384 e. The maximum Gasteiger partial charge on any atom is 0.333 e. The van der Waals surface area contributed by atoms with Crippen LogP contribution in [0.2, 0.25) is 0 Å². The SMILES string of the molecule is C1=Nc2ccccc2C1.C=Cc1ccccc1C.CC1=C[NH2+]C=[N+]1C.Cc1cccc(C=N)c1.Cc1cnc[nH]1.Cc1cnc[nH]1.P=S.[2H]S.[CH-]=[NH+]c1ccccc1C.[CH-]=[NH+]c1ccccc1C.c1ccc2[nH]ccc2c1.c1ccc2c(c1)CCN2. The molecule has 0 aliphatic carbocycles. The molecule has 12 nitrogen and oxygen atoms in total. The number of imidazole rings is 2. The standard InChI is InChI=1S/C9H10.C8H9N.2C8H7N.3C8H9N.C5H8N2.2C4H6N2.HPS.H2S/c1-3-9-7-5-4-6-8(9)2;3*1-2-4-8-7(3-1)5-6-9-8;2*1-7-5-3-4-6-8(7)9-2;1-7-3-2-4-8(5-7)6-9;1-5-3-6-4-7(5)2;2*1-4-2-5-3-6-4;1-2;/h3-7H,1H2,2H3;1-4,9H,5-6H2;1-4,6H,5H2;1-6,9H;3*2-6,9H,1H3;3-4H,1-2H3;2*2-3H,1H3,(H,5,6);1H;1H2/p+2/i/hD. The molecule has 0 amide bonds. The number of fused-ring (bicyclic) bond motifs is 3. The van der Waals surface area contributed by atoms with Gasteiger partial charge in [-0.15, -0.1) is 0 Å². The highest BCUT2D eigenvalue weighted by molar-refractivity contribution is 7.88. The Morgan fingerprint density at radius 1 is 0.671 bits per heavy atom. The van der Waals surface area contributed by atoms with Gasteiger partial charge in [0.25, 0.3) is 0 Å². The Morgan fingerprint density at radius 2 is 1.22 bits per heavy atom. The molecule has 0 unspecified atom stereocenters. The number of allylic oxidation sites excluding steroid dienone is 1. The third kappa shape index (κ3) is 29.2. The minimum absolute atomic E-state index is 0.968. The summed E-state index contributed by atoms with van der Waals surface area (Å²) in [6.07, 6.45) is 20.3. The number of nitrogens with one attached hydrogen (secondary N) is 7. The Morgan fingerprint density at radius 3 is 1.65 bits per heavy atom. The summed E-state index contributed by atoms with van der Waals surface area (Å²) in [5.41, 5.74) is 19.0. The molecule has 85 heavy (non-hydrogen) atoms. The van der Waals surface area contributed by atoms with Crippen molar-refractivity contribution in [2.45, 2.75) is 61.3 Å². The van der Waals surface area contributed by atoms with E-state index in [1.807, 2.05) is 187 Å². The molecule has 9 N–H and O–H groups in total. The minimum atomic E-state index is 0.968. The molecule has 3 aromatic heterocycles. The molecule has 0 bridgehead atoms. The van der Waals surface area contributed by atoms with E-state index in [0.29, 0.717) is 0 Å². The Labute approximate surface area is 520 Å². The van der Waals surface area contributed by atoms with Crippen LogP contribution in [0.3, 0.4) is 0 Å². The first-order chi connectivity index (χ1) is 41.8. The maximum atomic E-state index is 6.92. The van der Waals surface area contributed by atoms with E-state index < -0.39 is 0 Å². The summed E-state index contributed by atoms with van der Waals surface area (Å²) in [4.78, 5) is 25.8. The number of nitrogens with zero attached hydrogens (tertiary/aromatic N) is 4. The third-order valence-corrected chi connectivity index (χ3v) is 12.4. The highest BCUT2D eigenvalue weighted by Crippen LogP contribution is 2.22.